The van der Waals surface area contributed by atoms with E-state index in [4.69, 9.17) is 11.6 Å². The summed E-state index contributed by atoms with van der Waals surface area (Å²) in [7, 11) is 0. The van der Waals surface area contributed by atoms with Gasteiger partial charge in [-0.25, -0.2) is 0 Å². The number of hydrogen-bond acceptors (Lipinski definition) is 6. The lowest BCUT2D eigenvalue weighted by atomic mass is 10.1. The minimum Gasteiger partial charge on any atom is -0.508 e. The Labute approximate surface area is 199 Å². The van der Waals surface area contributed by atoms with Crippen molar-refractivity contribution in [2.75, 3.05) is 11.1 Å². The van der Waals surface area contributed by atoms with Crippen molar-refractivity contribution in [3.05, 3.63) is 83.4 Å². The summed E-state index contributed by atoms with van der Waals surface area (Å²) in [6, 6.07) is 20.6. The van der Waals surface area contributed by atoms with E-state index in [1.807, 2.05) is 16.7 Å². The molecule has 0 aliphatic carbocycles. The van der Waals surface area contributed by atoms with E-state index in [9.17, 15) is 14.7 Å². The van der Waals surface area contributed by atoms with Crippen LogP contribution in [0.15, 0.2) is 78.0 Å². The summed E-state index contributed by atoms with van der Waals surface area (Å²) in [6.45, 7) is 1.49. The van der Waals surface area contributed by atoms with Gasteiger partial charge in [-0.1, -0.05) is 29.4 Å². The van der Waals surface area contributed by atoms with Crippen LogP contribution >= 0.6 is 23.4 Å². The highest BCUT2D eigenvalue weighted by Gasteiger charge is 2.18. The molecule has 0 unspecified atom stereocenters. The predicted octanol–water partition coefficient (Wildman–Crippen LogP) is 5.23. The summed E-state index contributed by atoms with van der Waals surface area (Å²) in [6.07, 6.45) is 0. The molecule has 0 aliphatic rings. The number of nitrogens with one attached hydrogen (secondary N) is 1. The molecule has 0 spiro atoms. The van der Waals surface area contributed by atoms with E-state index >= 15 is 0 Å². The third-order valence-corrected chi connectivity index (χ3v) is 5.90. The lowest BCUT2D eigenvalue weighted by Gasteiger charge is -2.11. The highest BCUT2D eigenvalue weighted by Crippen LogP contribution is 2.30. The monoisotopic (exact) mass is 478 g/mol. The second-order valence-electron chi connectivity index (χ2n) is 7.14. The number of ketones is 1. The summed E-state index contributed by atoms with van der Waals surface area (Å²) >= 11 is 7.43. The maximum Gasteiger partial charge on any atom is 0.234 e. The molecule has 9 heteroatoms. The number of halogens is 1. The summed E-state index contributed by atoms with van der Waals surface area (Å²) in [5.41, 5.74) is 2.69. The molecule has 3 aromatic carbocycles. The maximum atomic E-state index is 12.5. The number of carbonyl (C=O) groups is 2. The van der Waals surface area contributed by atoms with E-state index in [0.29, 0.717) is 27.3 Å². The number of aromatic hydroxyl groups is 1. The average Bonchev–Trinajstić information content (AvgIpc) is 3.22. The van der Waals surface area contributed by atoms with Gasteiger partial charge in [0.25, 0.3) is 0 Å². The number of benzene rings is 3. The van der Waals surface area contributed by atoms with Crippen molar-refractivity contribution < 1.29 is 14.7 Å². The number of phenols is 1. The standard InChI is InChI=1S/C24H19ClN4O3S/c1-15(30)16-5-9-19(10-6-16)26-22(32)14-33-24-28-27-23(17-7-11-21(31)12-8-17)29(24)20-4-2-3-18(25)13-20/h2-13,31H,14H2,1H3,(H,26,32). The van der Waals surface area contributed by atoms with Crippen molar-refractivity contribution >= 4 is 40.7 Å². The van der Waals surface area contributed by atoms with E-state index in [1.54, 1.807) is 60.7 Å². The van der Waals surface area contributed by atoms with Crippen molar-refractivity contribution in [2.24, 2.45) is 0 Å². The van der Waals surface area contributed by atoms with Crippen LogP contribution in [0, 0.1) is 0 Å². The fourth-order valence-corrected chi connectivity index (χ4v) is 4.06. The quantitative estimate of drug-likeness (QED) is 0.279. The third-order valence-electron chi connectivity index (χ3n) is 4.73. The number of anilines is 1. The smallest absolute Gasteiger partial charge is 0.234 e. The van der Waals surface area contributed by atoms with E-state index in [0.717, 1.165) is 11.3 Å². The Balaban J connectivity index is 1.56. The number of phenolic OH excluding ortho intramolecular Hbond substituents is 1. The molecule has 0 aliphatic heterocycles. The van der Waals surface area contributed by atoms with Crippen molar-refractivity contribution in [1.29, 1.82) is 0 Å². The molecular weight excluding hydrogens is 460 g/mol. The molecular formula is C24H19ClN4O3S. The van der Waals surface area contributed by atoms with Crippen molar-refractivity contribution in [3.8, 4) is 22.8 Å². The summed E-state index contributed by atoms with van der Waals surface area (Å²) in [4.78, 5) is 23.9. The second kappa shape index (κ2) is 9.89. The number of thioether (sulfide) groups is 1. The van der Waals surface area contributed by atoms with Crippen molar-refractivity contribution in [2.45, 2.75) is 12.1 Å². The molecule has 4 rings (SSSR count). The lowest BCUT2D eigenvalue weighted by molar-refractivity contribution is -0.113. The third kappa shape index (κ3) is 5.42. The first-order valence-corrected chi connectivity index (χ1v) is 11.3. The zero-order valence-corrected chi connectivity index (χ0v) is 19.1. The van der Waals surface area contributed by atoms with Gasteiger partial charge in [0.1, 0.15) is 5.75 Å². The van der Waals surface area contributed by atoms with Gasteiger partial charge in [-0.05, 0) is 73.7 Å². The predicted molar refractivity (Wildman–Crippen MR) is 129 cm³/mol. The zero-order chi connectivity index (χ0) is 23.4. The normalized spacial score (nSPS) is 10.7. The number of carbonyl (C=O) groups excluding carboxylic acids is 2. The van der Waals surface area contributed by atoms with Gasteiger partial charge in [-0.2, -0.15) is 0 Å². The Bertz CT molecular complexity index is 1300. The van der Waals surface area contributed by atoms with E-state index < -0.39 is 0 Å². The van der Waals surface area contributed by atoms with Gasteiger partial charge in [0, 0.05) is 21.8 Å². The fraction of sp³-hybridized carbons (Fsp3) is 0.0833. The van der Waals surface area contributed by atoms with Crippen LogP contribution in [0.3, 0.4) is 0 Å². The van der Waals surface area contributed by atoms with Crippen molar-refractivity contribution in [1.82, 2.24) is 14.8 Å². The van der Waals surface area contributed by atoms with Gasteiger partial charge in [0.2, 0.25) is 5.91 Å². The first-order chi connectivity index (χ1) is 15.9. The van der Waals surface area contributed by atoms with E-state index in [1.165, 1.54) is 18.7 Å². The molecule has 2 N–H and O–H groups in total. The minimum atomic E-state index is -0.220. The van der Waals surface area contributed by atoms with Gasteiger partial charge < -0.3 is 10.4 Å². The van der Waals surface area contributed by atoms with Crippen LogP contribution in [0.1, 0.15) is 17.3 Å². The molecule has 1 amide bonds. The van der Waals surface area contributed by atoms with Gasteiger partial charge in [-0.3, -0.25) is 14.2 Å². The Morgan fingerprint density at radius 2 is 1.76 bits per heavy atom. The first kappa shape index (κ1) is 22.6. The van der Waals surface area contributed by atoms with Crippen LogP contribution in [0.25, 0.3) is 17.1 Å². The second-order valence-corrected chi connectivity index (χ2v) is 8.52. The van der Waals surface area contributed by atoms with E-state index in [2.05, 4.69) is 15.5 Å². The summed E-state index contributed by atoms with van der Waals surface area (Å²) in [5, 5.41) is 22.1. The molecule has 0 fully saturated rings. The zero-order valence-electron chi connectivity index (χ0n) is 17.5. The largest absolute Gasteiger partial charge is 0.508 e. The Morgan fingerprint density at radius 1 is 1.03 bits per heavy atom. The molecule has 0 saturated carbocycles. The van der Waals surface area contributed by atoms with Crippen LogP contribution in [-0.4, -0.2) is 37.3 Å². The minimum absolute atomic E-state index is 0.0341. The van der Waals surface area contributed by atoms with Crippen LogP contribution in [0.4, 0.5) is 5.69 Å². The highest BCUT2D eigenvalue weighted by atomic mass is 35.5. The number of nitrogens with zero attached hydrogens (tertiary/aromatic N) is 3. The topological polar surface area (TPSA) is 97.1 Å². The van der Waals surface area contributed by atoms with Crippen LogP contribution in [-0.2, 0) is 4.79 Å². The maximum absolute atomic E-state index is 12.5. The number of Topliss-reactive ketones (excluding diaryl/α,β-unsaturated/α-hetero) is 1. The van der Waals surface area contributed by atoms with Gasteiger partial charge in [-0.15, -0.1) is 10.2 Å². The molecule has 4 aromatic rings. The number of rotatable bonds is 7. The van der Waals surface area contributed by atoms with Crippen LogP contribution in [0.5, 0.6) is 5.75 Å². The summed E-state index contributed by atoms with van der Waals surface area (Å²) in [5.74, 6) is 0.550. The van der Waals surface area contributed by atoms with Crippen molar-refractivity contribution in [3.63, 3.8) is 0 Å². The average molecular weight is 479 g/mol. The summed E-state index contributed by atoms with van der Waals surface area (Å²) < 4.78 is 1.82. The highest BCUT2D eigenvalue weighted by molar-refractivity contribution is 7.99. The van der Waals surface area contributed by atoms with Gasteiger partial charge in [0.05, 0.1) is 11.4 Å². The molecule has 1 aromatic heterocycles. The van der Waals surface area contributed by atoms with Crippen LogP contribution < -0.4 is 5.32 Å². The van der Waals surface area contributed by atoms with Crippen LogP contribution in [0.2, 0.25) is 5.02 Å². The first-order valence-electron chi connectivity index (χ1n) is 9.95. The van der Waals surface area contributed by atoms with Gasteiger partial charge >= 0.3 is 0 Å². The fourth-order valence-electron chi connectivity index (χ4n) is 3.12. The molecule has 1 heterocycles. The molecule has 0 bridgehead atoms. The van der Waals surface area contributed by atoms with E-state index in [-0.39, 0.29) is 23.2 Å². The number of amides is 1. The molecule has 0 radical (unpaired) electrons. The molecule has 0 saturated heterocycles. The molecule has 33 heavy (non-hydrogen) atoms. The lowest BCUT2D eigenvalue weighted by Crippen LogP contribution is -2.14. The molecule has 166 valence electrons. The van der Waals surface area contributed by atoms with Gasteiger partial charge in [0.15, 0.2) is 16.8 Å². The Hall–Kier alpha value is -3.62. The molecule has 0 atom stereocenters. The molecule has 7 nitrogen and oxygen atoms in total. The SMILES string of the molecule is CC(=O)c1ccc(NC(=O)CSc2nnc(-c3ccc(O)cc3)n2-c2cccc(Cl)c2)cc1. The Kier molecular flexibility index (Phi) is 6.76. The number of aromatic nitrogens is 3. The Morgan fingerprint density at radius 3 is 2.42 bits per heavy atom. The number of hydrogen-bond donors (Lipinski definition) is 2.